The number of Topliss-reactive ketones (excluding diaryl/α,β-unsaturated/α-hetero) is 1. The molecule has 2 unspecified atom stereocenters. The van der Waals surface area contributed by atoms with Crippen molar-refractivity contribution in [2.45, 2.75) is 127 Å². The van der Waals surface area contributed by atoms with E-state index in [0.717, 1.165) is 12.0 Å². The van der Waals surface area contributed by atoms with Crippen LogP contribution in [0, 0.1) is 16.7 Å². The molecule has 2 atom stereocenters. The van der Waals surface area contributed by atoms with Gasteiger partial charge in [-0.3, -0.25) is 4.79 Å². The van der Waals surface area contributed by atoms with Gasteiger partial charge in [0.25, 0.3) is 0 Å². The van der Waals surface area contributed by atoms with Crippen LogP contribution in [0.15, 0.2) is 228 Å². The van der Waals surface area contributed by atoms with Crippen LogP contribution in [0.4, 0.5) is 0 Å². The quantitative estimate of drug-likeness (QED) is 0.0879. The maximum Gasteiger partial charge on any atom is 0.166 e. The summed E-state index contributed by atoms with van der Waals surface area (Å²) in [5, 5.41) is 0. The molecule has 2 aliphatic rings. The molecule has 7 aromatic carbocycles. The Hall–Kier alpha value is -5.27. The van der Waals surface area contributed by atoms with Crippen molar-refractivity contribution in [1.29, 1.82) is 0 Å². The fourth-order valence-electron chi connectivity index (χ4n) is 9.74. The van der Waals surface area contributed by atoms with Crippen LogP contribution in [-0.4, -0.2) is 37.5 Å². The zero-order valence-electron chi connectivity index (χ0n) is 42.6. The minimum Gasteiger partial charge on any atom is -0.748 e. The Bertz CT molecular complexity index is 2710. The van der Waals surface area contributed by atoms with Crippen LogP contribution in [0.25, 0.3) is 0 Å². The lowest BCUT2D eigenvalue weighted by atomic mass is 9.70. The largest absolute Gasteiger partial charge is 0.748 e. The van der Waals surface area contributed by atoms with Crippen molar-refractivity contribution in [3.05, 3.63) is 211 Å². The van der Waals surface area contributed by atoms with E-state index in [4.69, 9.17) is 0 Å². The molecule has 378 valence electrons. The van der Waals surface area contributed by atoms with Crippen molar-refractivity contribution in [1.82, 2.24) is 0 Å². The lowest BCUT2D eigenvalue weighted by Gasteiger charge is -2.37. The molecule has 0 aliphatic heterocycles. The molecule has 2 fully saturated rings. The van der Waals surface area contributed by atoms with Gasteiger partial charge in [0.2, 0.25) is 0 Å². The monoisotopic (exact) mass is 1040 g/mol. The Morgan fingerprint density at radius 3 is 0.986 bits per heavy atom. The number of carbonyl (C=O) groups is 1. The molecule has 2 bridgehead atoms. The summed E-state index contributed by atoms with van der Waals surface area (Å²) in [5.41, 5.74) is 1.15. The third kappa shape index (κ3) is 13.9. The Morgan fingerprint density at radius 1 is 0.500 bits per heavy atom. The summed E-state index contributed by atoms with van der Waals surface area (Å²) in [6.45, 7) is 15.6. The van der Waals surface area contributed by atoms with Crippen molar-refractivity contribution in [3.8, 4) is 0 Å². The van der Waals surface area contributed by atoms with Gasteiger partial charge in [-0.2, -0.15) is 0 Å². The van der Waals surface area contributed by atoms with E-state index in [0.29, 0.717) is 29.9 Å². The minimum absolute atomic E-state index is 0.00919. The van der Waals surface area contributed by atoms with Gasteiger partial charge in [0.05, 0.1) is 42.6 Å². The lowest BCUT2D eigenvalue weighted by molar-refractivity contribution is -0.128. The van der Waals surface area contributed by atoms with E-state index in [-0.39, 0.29) is 55.6 Å². The maximum atomic E-state index is 11.8. The van der Waals surface area contributed by atoms with E-state index >= 15 is 0 Å². The molecular formula is C61H68O7S4. The number of hydrogen-bond donors (Lipinski definition) is 0. The number of rotatable bonds is 12. The van der Waals surface area contributed by atoms with Gasteiger partial charge in [0.1, 0.15) is 15.9 Å². The van der Waals surface area contributed by atoms with Gasteiger partial charge >= 0.3 is 0 Å². The van der Waals surface area contributed by atoms with Gasteiger partial charge in [-0.15, -0.1) is 0 Å². The molecule has 2 saturated carbocycles. The van der Waals surface area contributed by atoms with Crippen LogP contribution >= 0.6 is 0 Å². The van der Waals surface area contributed by atoms with E-state index in [1.165, 1.54) is 29.4 Å². The van der Waals surface area contributed by atoms with Gasteiger partial charge in [-0.25, -0.2) is 16.8 Å². The molecule has 0 saturated heterocycles. The fraction of sp³-hybridized carbons (Fsp3) is 0.295. The Balaban J connectivity index is 0.000000157. The van der Waals surface area contributed by atoms with Crippen LogP contribution < -0.4 is 0 Å². The molecule has 7 aromatic rings. The van der Waals surface area contributed by atoms with Crippen LogP contribution in [-0.2, 0) is 46.8 Å². The molecule has 9 rings (SSSR count). The van der Waals surface area contributed by atoms with Gasteiger partial charge in [0.15, 0.2) is 29.4 Å². The first-order valence-corrected chi connectivity index (χ1v) is 30.0. The third-order valence-corrected chi connectivity index (χ3v) is 20.0. The second-order valence-electron chi connectivity index (χ2n) is 19.8. The average Bonchev–Trinajstić information content (AvgIpc) is 3.70. The second kappa shape index (κ2) is 24.6. The predicted octanol–water partition coefficient (Wildman–Crippen LogP) is 14.5. The lowest BCUT2D eigenvalue weighted by Crippen LogP contribution is -2.42. The van der Waals surface area contributed by atoms with Crippen molar-refractivity contribution >= 4 is 47.8 Å². The predicted molar refractivity (Wildman–Crippen MR) is 293 cm³/mol. The van der Waals surface area contributed by atoms with Gasteiger partial charge in [-0.1, -0.05) is 177 Å². The Kier molecular flexibility index (Phi) is 19.2. The molecule has 7 nitrogen and oxygen atoms in total. The minimum atomic E-state index is -4.45. The van der Waals surface area contributed by atoms with E-state index in [1.54, 1.807) is 0 Å². The smallest absolute Gasteiger partial charge is 0.166 e. The number of hydrogen-bond acceptors (Lipinski definition) is 7. The highest BCUT2D eigenvalue weighted by molar-refractivity contribution is 7.97. The summed E-state index contributed by atoms with van der Waals surface area (Å²) in [6.07, 6.45) is 1.88. The van der Waals surface area contributed by atoms with E-state index < -0.39 is 31.4 Å². The first-order chi connectivity index (χ1) is 34.1. The first kappa shape index (κ1) is 56.0. The number of benzene rings is 7. The van der Waals surface area contributed by atoms with E-state index in [1.807, 2.05) is 53.7 Å². The highest BCUT2D eigenvalue weighted by Crippen LogP contribution is 2.64. The zero-order valence-corrected chi connectivity index (χ0v) is 45.9. The molecule has 0 N–H and O–H groups in total. The van der Waals surface area contributed by atoms with Crippen molar-refractivity contribution < 1.29 is 30.7 Å². The Labute approximate surface area is 435 Å². The summed E-state index contributed by atoms with van der Waals surface area (Å²) in [6, 6.07) is 68.0. The molecule has 0 heterocycles. The van der Waals surface area contributed by atoms with Crippen molar-refractivity contribution in [3.63, 3.8) is 0 Å². The van der Waals surface area contributed by atoms with E-state index in [2.05, 4.69) is 196 Å². The summed E-state index contributed by atoms with van der Waals surface area (Å²) < 4.78 is 67.5. The zero-order chi connectivity index (χ0) is 52.3. The fourth-order valence-corrected chi connectivity index (χ4v) is 16.4. The SMILES string of the molecule is CC(C)c1cc(C(C)C)c(S(=O)(=O)[O-])c(C(C)C)c1.CC1(C)C2CCC1(CS(=O)(=O)[O-])C(=O)C2.c1ccc([S+](c2ccccc2)c2ccccc2)cc1.c1ccc([S+](c2ccccc2)c2ccccc2)cc1. The molecule has 0 radical (unpaired) electrons. The van der Waals surface area contributed by atoms with Crippen LogP contribution in [0.1, 0.15) is 109 Å². The molecule has 72 heavy (non-hydrogen) atoms. The molecule has 0 spiro atoms. The Morgan fingerprint density at radius 2 is 0.792 bits per heavy atom. The van der Waals surface area contributed by atoms with Crippen molar-refractivity contribution in [2.24, 2.45) is 16.7 Å². The molecule has 2 aliphatic carbocycles. The first-order valence-electron chi connectivity index (χ1n) is 24.5. The standard InChI is InChI=1S/2C18H15S.C15H24O3S.C10H16O4S/c2*1-4-10-16(11-5-1)19(17-12-6-2-7-13-17)18-14-8-3-9-15-18;1-9(2)12-7-13(10(3)4)15(19(16,17)18)14(8-12)11(5)6;1-9(2)7-3-4-10(9,8(11)5-7)6-15(12,13)14/h2*1-15H;7-11H,1-6H3,(H,16,17,18);7H,3-6H2,1-2H3,(H,12,13,14)/q2*+1;;/p-2. The van der Waals surface area contributed by atoms with Crippen LogP contribution in [0.3, 0.4) is 0 Å². The number of ketones is 1. The van der Waals surface area contributed by atoms with Gasteiger partial charge in [0, 0.05) is 11.8 Å². The van der Waals surface area contributed by atoms with E-state index in [9.17, 15) is 30.7 Å². The topological polar surface area (TPSA) is 131 Å². The summed E-state index contributed by atoms with van der Waals surface area (Å²) >= 11 is 0. The van der Waals surface area contributed by atoms with Crippen LogP contribution in [0.2, 0.25) is 0 Å². The normalized spacial score (nSPS) is 17.0. The summed E-state index contributed by atoms with van der Waals surface area (Å²) in [4.78, 5) is 20.0. The van der Waals surface area contributed by atoms with Gasteiger partial charge < -0.3 is 9.11 Å². The molecule has 11 heteroatoms. The molecular weight excluding hydrogens is 973 g/mol. The molecule has 0 aromatic heterocycles. The number of fused-ring (bicyclic) bond motifs is 2. The summed E-state index contributed by atoms with van der Waals surface area (Å²) in [7, 11) is -8.80. The van der Waals surface area contributed by atoms with Gasteiger partial charge in [-0.05, 0) is 131 Å². The third-order valence-electron chi connectivity index (χ3n) is 13.8. The second-order valence-corrected chi connectivity index (χ2v) is 26.6. The summed E-state index contributed by atoms with van der Waals surface area (Å²) in [5.74, 6) is 0.0423. The van der Waals surface area contributed by atoms with Crippen LogP contribution in [0.5, 0.6) is 0 Å². The molecule has 0 amide bonds. The van der Waals surface area contributed by atoms with Crippen molar-refractivity contribution in [2.75, 3.05) is 5.75 Å². The highest BCUT2D eigenvalue weighted by Gasteiger charge is 2.64. The number of carbonyl (C=O) groups excluding carboxylic acids is 1. The maximum absolute atomic E-state index is 11.8. The average molecular weight is 1040 g/mol. The highest BCUT2D eigenvalue weighted by atomic mass is 32.2.